The molecule has 3 heterocycles. The third-order valence-corrected chi connectivity index (χ3v) is 13.1. The zero-order valence-electron chi connectivity index (χ0n) is 30.8. The molecule has 2 aliphatic heterocycles. The Bertz CT molecular complexity index is 3110. The topological polar surface area (TPSA) is 33.6 Å². The molecule has 8 aromatic carbocycles. The third kappa shape index (κ3) is 4.81. The van der Waals surface area contributed by atoms with Gasteiger partial charge in [-0.25, -0.2) is 0 Å². The molecule has 268 valence electrons. The van der Waals surface area contributed by atoms with Gasteiger partial charge in [0.2, 0.25) is 0 Å². The summed E-state index contributed by atoms with van der Waals surface area (Å²) in [5.74, 6) is 1.77. The first-order chi connectivity index (χ1) is 28.2. The Morgan fingerprint density at radius 2 is 1.11 bits per heavy atom. The highest BCUT2D eigenvalue weighted by Gasteiger charge is 2.51. The highest BCUT2D eigenvalue weighted by molar-refractivity contribution is 7.25. The van der Waals surface area contributed by atoms with Crippen LogP contribution in [0.5, 0.6) is 11.5 Å². The Labute approximate surface area is 334 Å². The lowest BCUT2D eigenvalue weighted by Crippen LogP contribution is -2.32. The number of rotatable bonds is 4. The average molecular weight is 747 g/mol. The molecule has 0 amide bonds. The molecule has 3 aliphatic rings. The van der Waals surface area contributed by atoms with Gasteiger partial charge in [0.05, 0.1) is 11.1 Å². The van der Waals surface area contributed by atoms with Crippen LogP contribution in [-0.4, -0.2) is 5.71 Å². The van der Waals surface area contributed by atoms with Crippen molar-refractivity contribution in [1.82, 2.24) is 5.32 Å². The maximum Gasteiger partial charge on any atom is 0.146 e. The molecule has 0 radical (unpaired) electrons. The molecule has 1 spiro atoms. The number of hydrogen-bond acceptors (Lipinski definition) is 4. The van der Waals surface area contributed by atoms with Crippen molar-refractivity contribution in [3.63, 3.8) is 0 Å². The number of nitrogens with one attached hydrogen (secondary N) is 1. The second-order valence-electron chi connectivity index (χ2n) is 15.0. The number of ether oxygens (including phenoxy) is 1. The first-order valence-corrected chi connectivity index (χ1v) is 20.3. The van der Waals surface area contributed by atoms with Crippen LogP contribution < -0.4 is 10.1 Å². The van der Waals surface area contributed by atoms with E-state index in [2.05, 4.69) is 199 Å². The van der Waals surface area contributed by atoms with E-state index in [0.29, 0.717) is 0 Å². The van der Waals surface area contributed by atoms with Crippen LogP contribution in [0.15, 0.2) is 199 Å². The van der Waals surface area contributed by atoms with Crippen LogP contribution in [0.25, 0.3) is 48.1 Å². The summed E-state index contributed by atoms with van der Waals surface area (Å²) in [5.41, 5.74) is 14.5. The van der Waals surface area contributed by atoms with Gasteiger partial charge in [0.1, 0.15) is 17.7 Å². The molecular formula is C53H34N2OS. The van der Waals surface area contributed by atoms with E-state index in [4.69, 9.17) is 9.73 Å². The standard InChI is InChI=1S/C53H34N2OS/c1-2-14-33(15-3-1)46-32-47(35-26-28-40-39-19-8-13-25-50(39)57-51(40)31-35)55-52(54-46)41-20-5-4-16-36(41)34-27-29-49-45(30-34)53(44-23-11-12-24-48(44)56-49)42-21-9-6-17-37(42)38-18-7-10-22-43(38)53/h1-32,52,55H. The second-order valence-corrected chi connectivity index (χ2v) is 16.1. The number of aliphatic imine (C=N–C) groups is 1. The molecular weight excluding hydrogens is 713 g/mol. The Hall–Kier alpha value is -7.01. The molecule has 4 heteroatoms. The zero-order chi connectivity index (χ0) is 37.5. The number of benzene rings is 8. The predicted octanol–water partition coefficient (Wildman–Crippen LogP) is 13.3. The number of fused-ring (bicyclic) bond motifs is 12. The van der Waals surface area contributed by atoms with Crippen LogP contribution >= 0.6 is 11.3 Å². The largest absolute Gasteiger partial charge is 0.457 e. The Kier molecular flexibility index (Phi) is 7.08. The summed E-state index contributed by atoms with van der Waals surface area (Å²) < 4.78 is 9.35. The van der Waals surface area contributed by atoms with Crippen LogP contribution in [0.4, 0.5) is 0 Å². The van der Waals surface area contributed by atoms with Crippen LogP contribution in [0.1, 0.15) is 45.1 Å². The first-order valence-electron chi connectivity index (χ1n) is 19.5. The van der Waals surface area contributed by atoms with Crippen LogP contribution in [0.2, 0.25) is 0 Å². The molecule has 1 aliphatic carbocycles. The van der Waals surface area contributed by atoms with Crippen LogP contribution in [0, 0.1) is 0 Å². The van der Waals surface area contributed by atoms with Crippen LogP contribution in [0.3, 0.4) is 0 Å². The van der Waals surface area contributed by atoms with Gasteiger partial charge in [-0.15, -0.1) is 11.3 Å². The quantitative estimate of drug-likeness (QED) is 0.195. The fraction of sp³-hybridized carbons (Fsp3) is 0.0377. The first kappa shape index (κ1) is 32.3. The predicted molar refractivity (Wildman–Crippen MR) is 235 cm³/mol. The molecule has 9 aromatic rings. The molecule has 1 aromatic heterocycles. The summed E-state index contributed by atoms with van der Waals surface area (Å²) in [4.78, 5) is 5.44. The van der Waals surface area contributed by atoms with Gasteiger partial charge in [-0.05, 0) is 80.9 Å². The van der Waals surface area contributed by atoms with E-state index in [0.717, 1.165) is 61.9 Å². The van der Waals surface area contributed by atoms with Crippen molar-refractivity contribution >= 4 is 42.9 Å². The molecule has 0 bridgehead atoms. The summed E-state index contributed by atoms with van der Waals surface area (Å²) in [7, 11) is 0. The van der Waals surface area contributed by atoms with E-state index < -0.39 is 5.41 Å². The average Bonchev–Trinajstić information content (AvgIpc) is 3.80. The Balaban J connectivity index is 1.02. The molecule has 1 N–H and O–H groups in total. The highest BCUT2D eigenvalue weighted by atomic mass is 32.1. The summed E-state index contributed by atoms with van der Waals surface area (Å²) >= 11 is 1.84. The van der Waals surface area contributed by atoms with Gasteiger partial charge in [-0.2, -0.15) is 0 Å². The van der Waals surface area contributed by atoms with Crippen molar-refractivity contribution in [3.8, 4) is 33.8 Å². The summed E-state index contributed by atoms with van der Waals surface area (Å²) in [6, 6.07) is 67.8. The normalized spacial score (nSPS) is 15.8. The summed E-state index contributed by atoms with van der Waals surface area (Å²) in [6.07, 6.45) is 1.87. The van der Waals surface area contributed by atoms with Crippen molar-refractivity contribution in [2.24, 2.45) is 4.99 Å². The molecule has 0 fully saturated rings. The maximum atomic E-state index is 6.77. The Morgan fingerprint density at radius 3 is 1.93 bits per heavy atom. The lowest BCUT2D eigenvalue weighted by molar-refractivity contribution is 0.436. The van der Waals surface area contributed by atoms with E-state index in [9.17, 15) is 0 Å². The fourth-order valence-electron chi connectivity index (χ4n) is 9.53. The lowest BCUT2D eigenvalue weighted by Gasteiger charge is -2.39. The zero-order valence-corrected chi connectivity index (χ0v) is 31.6. The van der Waals surface area contributed by atoms with Gasteiger partial charge in [0, 0.05) is 42.6 Å². The van der Waals surface area contributed by atoms with E-state index in [1.54, 1.807) is 0 Å². The van der Waals surface area contributed by atoms with E-state index in [-0.39, 0.29) is 6.17 Å². The van der Waals surface area contributed by atoms with Gasteiger partial charge in [0.25, 0.3) is 0 Å². The van der Waals surface area contributed by atoms with Gasteiger partial charge < -0.3 is 10.1 Å². The summed E-state index contributed by atoms with van der Waals surface area (Å²) in [6.45, 7) is 0. The number of nitrogens with zero attached hydrogens (tertiary/aromatic N) is 1. The number of thiophene rings is 1. The van der Waals surface area contributed by atoms with E-state index in [1.165, 1.54) is 42.4 Å². The van der Waals surface area contributed by atoms with E-state index >= 15 is 0 Å². The maximum absolute atomic E-state index is 6.77. The van der Waals surface area contributed by atoms with Crippen molar-refractivity contribution in [2.45, 2.75) is 11.6 Å². The van der Waals surface area contributed by atoms with Gasteiger partial charge in [0.15, 0.2) is 0 Å². The van der Waals surface area contributed by atoms with Crippen LogP contribution in [-0.2, 0) is 5.41 Å². The monoisotopic (exact) mass is 746 g/mol. The third-order valence-electron chi connectivity index (χ3n) is 12.0. The van der Waals surface area contributed by atoms with Gasteiger partial charge in [-0.3, -0.25) is 4.99 Å². The van der Waals surface area contributed by atoms with Crippen molar-refractivity contribution in [2.75, 3.05) is 0 Å². The van der Waals surface area contributed by atoms with Crippen molar-refractivity contribution < 1.29 is 4.74 Å². The molecule has 57 heavy (non-hydrogen) atoms. The highest BCUT2D eigenvalue weighted by Crippen LogP contribution is 2.62. The molecule has 3 nitrogen and oxygen atoms in total. The molecule has 12 rings (SSSR count). The van der Waals surface area contributed by atoms with Gasteiger partial charge >= 0.3 is 0 Å². The minimum Gasteiger partial charge on any atom is -0.457 e. The minimum atomic E-state index is -0.537. The molecule has 1 unspecified atom stereocenters. The van der Waals surface area contributed by atoms with E-state index in [1.807, 2.05) is 11.3 Å². The van der Waals surface area contributed by atoms with Crippen molar-refractivity contribution in [1.29, 1.82) is 0 Å². The van der Waals surface area contributed by atoms with Gasteiger partial charge in [-0.1, -0.05) is 158 Å². The number of para-hydroxylation sites is 1. The summed E-state index contributed by atoms with van der Waals surface area (Å²) in [5, 5.41) is 6.49. The molecule has 1 atom stereocenters. The number of hydrogen-bond donors (Lipinski definition) is 1. The Morgan fingerprint density at radius 1 is 0.474 bits per heavy atom. The SMILES string of the molecule is C1=C(c2ccc3c(c2)sc2ccccc23)NC(c2ccccc2-c2ccc3c(c2)C2(c4ccccc4O3)c3ccccc3-c3ccccc32)N=C1c1ccccc1. The minimum absolute atomic E-state index is 0.329. The fourth-order valence-corrected chi connectivity index (χ4v) is 10.7. The smallest absolute Gasteiger partial charge is 0.146 e. The number of allylic oxidation sites excluding steroid dienone is 1. The second kappa shape index (κ2) is 12.5. The molecule has 0 saturated heterocycles. The lowest BCUT2D eigenvalue weighted by atomic mass is 9.65. The molecule has 0 saturated carbocycles. The van der Waals surface area contributed by atoms with Crippen molar-refractivity contribution in [3.05, 3.63) is 233 Å².